The molecule has 0 aliphatic rings. The zero-order chi connectivity index (χ0) is 12.8. The minimum atomic E-state index is -1.28. The van der Waals surface area contributed by atoms with Crippen molar-refractivity contribution in [1.29, 1.82) is 5.26 Å². The van der Waals surface area contributed by atoms with E-state index >= 15 is 0 Å². The highest BCUT2D eigenvalue weighted by molar-refractivity contribution is 6.30. The van der Waals surface area contributed by atoms with E-state index in [1.165, 1.54) is 6.08 Å². The summed E-state index contributed by atoms with van der Waals surface area (Å²) in [6.07, 6.45) is 1.24. The van der Waals surface area contributed by atoms with Gasteiger partial charge in [0.1, 0.15) is 17.4 Å². The summed E-state index contributed by atoms with van der Waals surface area (Å²) in [5, 5.41) is 17.9. The van der Waals surface area contributed by atoms with Gasteiger partial charge in [0, 0.05) is 10.6 Å². The number of benzene rings is 1. The average molecular weight is 252 g/mol. The molecular weight excluding hydrogens is 242 g/mol. The van der Waals surface area contributed by atoms with Crippen molar-refractivity contribution in [2.45, 2.75) is 6.92 Å². The van der Waals surface area contributed by atoms with Gasteiger partial charge in [-0.15, -0.1) is 0 Å². The summed E-state index contributed by atoms with van der Waals surface area (Å²) in [6.45, 7) is 2.25. The van der Waals surface area contributed by atoms with Crippen LogP contribution in [0.1, 0.15) is 12.5 Å². The van der Waals surface area contributed by atoms with E-state index in [-0.39, 0.29) is 5.57 Å². The van der Waals surface area contributed by atoms with Gasteiger partial charge in [-0.25, -0.2) is 4.79 Å². The van der Waals surface area contributed by atoms with Crippen LogP contribution in [0.5, 0.6) is 5.75 Å². The van der Waals surface area contributed by atoms with Crippen LogP contribution in [0.25, 0.3) is 6.08 Å². The van der Waals surface area contributed by atoms with Crippen LogP contribution in [-0.2, 0) is 4.79 Å². The minimum absolute atomic E-state index is 0.367. The van der Waals surface area contributed by atoms with Crippen molar-refractivity contribution in [3.8, 4) is 11.8 Å². The lowest BCUT2D eigenvalue weighted by Crippen LogP contribution is -1.99. The second-order valence-corrected chi connectivity index (χ2v) is 3.53. The Labute approximate surface area is 104 Å². The van der Waals surface area contributed by atoms with E-state index in [9.17, 15) is 4.79 Å². The molecule has 1 N–H and O–H groups in total. The third-order valence-electron chi connectivity index (χ3n) is 1.92. The maximum atomic E-state index is 10.7. The summed E-state index contributed by atoms with van der Waals surface area (Å²) in [4.78, 5) is 10.7. The van der Waals surface area contributed by atoms with Gasteiger partial charge in [0.15, 0.2) is 0 Å². The van der Waals surface area contributed by atoms with Crippen molar-refractivity contribution in [1.82, 2.24) is 0 Å². The fourth-order valence-corrected chi connectivity index (χ4v) is 1.40. The number of aliphatic carboxylic acids is 1. The quantitative estimate of drug-likeness (QED) is 0.660. The molecule has 0 spiro atoms. The van der Waals surface area contributed by atoms with Gasteiger partial charge in [-0.1, -0.05) is 11.6 Å². The second-order valence-electron chi connectivity index (χ2n) is 3.09. The summed E-state index contributed by atoms with van der Waals surface area (Å²) in [5.74, 6) is -0.791. The lowest BCUT2D eigenvalue weighted by molar-refractivity contribution is -0.132. The normalized spacial score (nSPS) is 10.8. The molecule has 0 aliphatic heterocycles. The predicted octanol–water partition coefficient (Wildman–Crippen LogP) is 2.73. The topological polar surface area (TPSA) is 70.3 Å². The smallest absolute Gasteiger partial charge is 0.346 e. The highest BCUT2D eigenvalue weighted by Crippen LogP contribution is 2.25. The monoisotopic (exact) mass is 251 g/mol. The number of ether oxygens (including phenoxy) is 1. The standard InChI is InChI=1S/C12H10ClNO3/c1-2-17-11-4-3-10(13)6-8(11)5-9(7-14)12(15)16/h3-6H,2H2,1H3,(H,15,16). The molecule has 0 aliphatic carbocycles. The third kappa shape index (κ3) is 3.51. The van der Waals surface area contributed by atoms with E-state index in [4.69, 9.17) is 26.7 Å². The molecule has 0 radical (unpaired) electrons. The zero-order valence-electron chi connectivity index (χ0n) is 9.11. The van der Waals surface area contributed by atoms with Crippen LogP contribution >= 0.6 is 11.6 Å². The van der Waals surface area contributed by atoms with Gasteiger partial charge in [-0.05, 0) is 31.2 Å². The van der Waals surface area contributed by atoms with Crippen molar-refractivity contribution in [3.05, 3.63) is 34.4 Å². The number of hydrogen-bond acceptors (Lipinski definition) is 3. The van der Waals surface area contributed by atoms with Crippen molar-refractivity contribution >= 4 is 23.6 Å². The summed E-state index contributed by atoms with van der Waals surface area (Å²) in [6, 6.07) is 6.42. The highest BCUT2D eigenvalue weighted by atomic mass is 35.5. The molecule has 1 rings (SSSR count). The number of carboxylic acid groups (broad SMARTS) is 1. The number of hydrogen-bond donors (Lipinski definition) is 1. The third-order valence-corrected chi connectivity index (χ3v) is 2.16. The Balaban J connectivity index is 3.24. The summed E-state index contributed by atoms with van der Waals surface area (Å²) in [5.41, 5.74) is 0.103. The number of carbonyl (C=O) groups is 1. The van der Waals surface area contributed by atoms with E-state index in [2.05, 4.69) is 0 Å². The molecule has 4 nitrogen and oxygen atoms in total. The maximum absolute atomic E-state index is 10.7. The molecule has 0 unspecified atom stereocenters. The van der Waals surface area contributed by atoms with E-state index in [1.54, 1.807) is 24.3 Å². The van der Waals surface area contributed by atoms with E-state index in [0.29, 0.717) is 22.9 Å². The van der Waals surface area contributed by atoms with Crippen LogP contribution < -0.4 is 4.74 Å². The predicted molar refractivity (Wildman–Crippen MR) is 63.8 cm³/mol. The molecule has 5 heteroatoms. The van der Waals surface area contributed by atoms with Gasteiger partial charge >= 0.3 is 5.97 Å². The fraction of sp³-hybridized carbons (Fsp3) is 0.167. The molecule has 0 saturated carbocycles. The SMILES string of the molecule is CCOc1ccc(Cl)cc1C=C(C#N)C(=O)O. The molecular formula is C12H10ClNO3. The molecule has 0 heterocycles. The Morgan fingerprint density at radius 2 is 2.35 bits per heavy atom. The van der Waals surface area contributed by atoms with Crippen LogP contribution in [0.4, 0.5) is 0 Å². The maximum Gasteiger partial charge on any atom is 0.346 e. The molecule has 17 heavy (non-hydrogen) atoms. The van der Waals surface area contributed by atoms with Gasteiger partial charge in [0.25, 0.3) is 0 Å². The molecule has 0 saturated heterocycles. The molecule has 0 amide bonds. The van der Waals surface area contributed by atoms with Gasteiger partial charge in [0.05, 0.1) is 6.61 Å². The summed E-state index contributed by atoms with van der Waals surface area (Å²) in [7, 11) is 0. The molecule has 1 aromatic carbocycles. The lowest BCUT2D eigenvalue weighted by atomic mass is 10.1. The average Bonchev–Trinajstić information content (AvgIpc) is 2.29. The summed E-state index contributed by atoms with van der Waals surface area (Å²) < 4.78 is 5.31. The number of nitriles is 1. The Morgan fingerprint density at radius 3 is 2.88 bits per heavy atom. The van der Waals surface area contributed by atoms with Crippen LogP contribution in [-0.4, -0.2) is 17.7 Å². The Kier molecular flexibility index (Phi) is 4.56. The van der Waals surface area contributed by atoms with Gasteiger partial charge in [0.2, 0.25) is 0 Å². The first-order chi connectivity index (χ1) is 8.08. The van der Waals surface area contributed by atoms with Crippen LogP contribution in [0.15, 0.2) is 23.8 Å². The highest BCUT2D eigenvalue weighted by Gasteiger charge is 2.09. The molecule has 1 aromatic rings. The van der Waals surface area contributed by atoms with Crippen molar-refractivity contribution in [3.63, 3.8) is 0 Å². The molecule has 88 valence electrons. The largest absolute Gasteiger partial charge is 0.493 e. The molecule has 0 bridgehead atoms. The Hall–Kier alpha value is -1.99. The first kappa shape index (κ1) is 13.1. The Bertz CT molecular complexity index is 503. The van der Waals surface area contributed by atoms with Crippen molar-refractivity contribution in [2.24, 2.45) is 0 Å². The molecule has 0 aromatic heterocycles. The first-order valence-electron chi connectivity index (χ1n) is 4.86. The molecule has 0 atom stereocenters. The van der Waals surface area contributed by atoms with Crippen molar-refractivity contribution < 1.29 is 14.6 Å². The number of halogens is 1. The van der Waals surface area contributed by atoms with E-state index < -0.39 is 5.97 Å². The van der Waals surface area contributed by atoms with Gasteiger partial charge in [-0.3, -0.25) is 0 Å². The molecule has 0 fully saturated rings. The summed E-state index contributed by atoms with van der Waals surface area (Å²) >= 11 is 5.81. The number of carboxylic acids is 1. The van der Waals surface area contributed by atoms with Crippen molar-refractivity contribution in [2.75, 3.05) is 6.61 Å². The van der Waals surface area contributed by atoms with E-state index in [1.807, 2.05) is 6.92 Å². The zero-order valence-corrected chi connectivity index (χ0v) is 9.86. The second kappa shape index (κ2) is 5.92. The first-order valence-corrected chi connectivity index (χ1v) is 5.23. The van der Waals surface area contributed by atoms with Crippen LogP contribution in [0.2, 0.25) is 5.02 Å². The fourth-order valence-electron chi connectivity index (χ4n) is 1.22. The van der Waals surface area contributed by atoms with Crippen LogP contribution in [0, 0.1) is 11.3 Å². The van der Waals surface area contributed by atoms with E-state index in [0.717, 1.165) is 0 Å². The Morgan fingerprint density at radius 1 is 1.65 bits per heavy atom. The number of rotatable bonds is 4. The number of nitrogens with zero attached hydrogens (tertiary/aromatic N) is 1. The van der Waals surface area contributed by atoms with Gasteiger partial charge in [-0.2, -0.15) is 5.26 Å². The van der Waals surface area contributed by atoms with Crippen LogP contribution in [0.3, 0.4) is 0 Å². The minimum Gasteiger partial charge on any atom is -0.493 e. The lowest BCUT2D eigenvalue weighted by Gasteiger charge is -2.07. The van der Waals surface area contributed by atoms with Gasteiger partial charge < -0.3 is 9.84 Å².